The van der Waals surface area contributed by atoms with Crippen LogP contribution in [0.4, 0.5) is 0 Å². The van der Waals surface area contributed by atoms with E-state index < -0.39 is 8.32 Å². The Bertz CT molecular complexity index is 714. The summed E-state index contributed by atoms with van der Waals surface area (Å²) in [6, 6.07) is 8.17. The zero-order chi connectivity index (χ0) is 18.0. The predicted molar refractivity (Wildman–Crippen MR) is 103 cm³/mol. The Morgan fingerprint density at radius 1 is 1.25 bits per heavy atom. The van der Waals surface area contributed by atoms with Gasteiger partial charge in [0.1, 0.15) is 0 Å². The fraction of sp³-hybridized carbons (Fsp3) is 0.526. The SMILES string of the molecule is CC(C)(C)[Si](C)(C)OCCCn1cc(CC(N)=O)c2ccccc21. The first-order valence-electron chi connectivity index (χ1n) is 8.61. The molecule has 1 aromatic carbocycles. The maximum absolute atomic E-state index is 11.3. The van der Waals surface area contributed by atoms with Gasteiger partial charge >= 0.3 is 0 Å². The molecule has 0 bridgehead atoms. The van der Waals surface area contributed by atoms with E-state index in [0.717, 1.165) is 36.0 Å². The summed E-state index contributed by atoms with van der Waals surface area (Å²) in [4.78, 5) is 11.3. The van der Waals surface area contributed by atoms with E-state index in [0.29, 0.717) is 0 Å². The van der Waals surface area contributed by atoms with Crippen molar-refractivity contribution in [3.8, 4) is 0 Å². The Kier molecular flexibility index (Phi) is 5.55. The van der Waals surface area contributed by atoms with Crippen molar-refractivity contribution in [1.29, 1.82) is 0 Å². The molecule has 1 amide bonds. The van der Waals surface area contributed by atoms with Crippen LogP contribution in [-0.2, 0) is 22.2 Å². The summed E-state index contributed by atoms with van der Waals surface area (Å²) >= 11 is 0. The zero-order valence-electron chi connectivity index (χ0n) is 15.6. The van der Waals surface area contributed by atoms with Gasteiger partial charge in [0.2, 0.25) is 5.91 Å². The van der Waals surface area contributed by atoms with Crippen LogP contribution < -0.4 is 5.73 Å². The number of carbonyl (C=O) groups is 1. The van der Waals surface area contributed by atoms with Crippen LogP contribution in [0, 0.1) is 0 Å². The predicted octanol–water partition coefficient (Wildman–Crippen LogP) is 4.08. The topological polar surface area (TPSA) is 57.2 Å². The Balaban J connectivity index is 2.04. The lowest BCUT2D eigenvalue weighted by atomic mass is 10.1. The summed E-state index contributed by atoms with van der Waals surface area (Å²) < 4.78 is 8.46. The molecule has 1 heterocycles. The molecule has 2 N–H and O–H groups in total. The number of aromatic nitrogens is 1. The van der Waals surface area contributed by atoms with Crippen LogP contribution in [0.2, 0.25) is 18.1 Å². The highest BCUT2D eigenvalue weighted by atomic mass is 28.4. The molecule has 2 aromatic rings. The van der Waals surface area contributed by atoms with Gasteiger partial charge in [-0.1, -0.05) is 39.0 Å². The fourth-order valence-corrected chi connectivity index (χ4v) is 3.70. The molecule has 0 aliphatic rings. The summed E-state index contributed by atoms with van der Waals surface area (Å²) in [5.74, 6) is -0.292. The maximum Gasteiger partial charge on any atom is 0.221 e. The lowest BCUT2D eigenvalue weighted by molar-refractivity contribution is -0.117. The molecule has 1 aromatic heterocycles. The van der Waals surface area contributed by atoms with Crippen molar-refractivity contribution in [1.82, 2.24) is 4.57 Å². The number of amides is 1. The number of primary amides is 1. The minimum absolute atomic E-state index is 0.238. The molecule has 0 aliphatic heterocycles. The summed E-state index contributed by atoms with van der Waals surface area (Å²) in [6.45, 7) is 13.0. The molecule has 2 rings (SSSR count). The maximum atomic E-state index is 11.3. The third-order valence-electron chi connectivity index (χ3n) is 5.05. The number of hydrogen-bond acceptors (Lipinski definition) is 2. The molecule has 0 saturated heterocycles. The number of aryl methyl sites for hydroxylation is 1. The first kappa shape index (κ1) is 18.7. The quantitative estimate of drug-likeness (QED) is 0.606. The van der Waals surface area contributed by atoms with E-state index in [2.05, 4.69) is 56.8 Å². The molecule has 132 valence electrons. The number of nitrogens with two attached hydrogens (primary N) is 1. The van der Waals surface area contributed by atoms with Crippen molar-refractivity contribution < 1.29 is 9.22 Å². The molecule has 0 atom stereocenters. The van der Waals surface area contributed by atoms with E-state index in [9.17, 15) is 4.79 Å². The van der Waals surface area contributed by atoms with Gasteiger partial charge in [0.15, 0.2) is 8.32 Å². The number of rotatable bonds is 7. The van der Waals surface area contributed by atoms with E-state index in [-0.39, 0.29) is 17.4 Å². The first-order valence-corrected chi connectivity index (χ1v) is 11.5. The average molecular weight is 347 g/mol. The monoisotopic (exact) mass is 346 g/mol. The highest BCUT2D eigenvalue weighted by Crippen LogP contribution is 2.36. The van der Waals surface area contributed by atoms with Crippen LogP contribution in [-0.4, -0.2) is 25.4 Å². The van der Waals surface area contributed by atoms with Gasteiger partial charge in [0.25, 0.3) is 0 Å². The summed E-state index contributed by atoms with van der Waals surface area (Å²) in [5.41, 5.74) is 7.53. The van der Waals surface area contributed by atoms with Gasteiger partial charge in [0.05, 0.1) is 6.42 Å². The number of carbonyl (C=O) groups excluding carboxylic acids is 1. The van der Waals surface area contributed by atoms with Crippen molar-refractivity contribution in [3.05, 3.63) is 36.0 Å². The average Bonchev–Trinajstić information content (AvgIpc) is 2.80. The molecule has 0 radical (unpaired) electrons. The highest BCUT2D eigenvalue weighted by Gasteiger charge is 2.36. The van der Waals surface area contributed by atoms with Gasteiger partial charge in [-0.15, -0.1) is 0 Å². The fourth-order valence-electron chi connectivity index (χ4n) is 2.62. The molecule has 4 nitrogen and oxygen atoms in total. The Hall–Kier alpha value is -1.59. The molecular weight excluding hydrogens is 316 g/mol. The van der Waals surface area contributed by atoms with E-state index in [1.165, 1.54) is 0 Å². The standard InChI is InChI=1S/C19H30N2O2Si/c1-19(2,3)24(4,5)23-12-8-11-21-14-15(13-18(20)22)16-9-6-7-10-17(16)21/h6-7,9-10,14H,8,11-13H2,1-5H3,(H2,20,22). The van der Waals surface area contributed by atoms with Gasteiger partial charge in [-0.3, -0.25) is 4.79 Å². The Morgan fingerprint density at radius 3 is 2.54 bits per heavy atom. The van der Waals surface area contributed by atoms with E-state index in [4.69, 9.17) is 10.2 Å². The first-order chi connectivity index (χ1) is 11.1. The molecule has 0 saturated carbocycles. The smallest absolute Gasteiger partial charge is 0.221 e. The molecular formula is C19H30N2O2Si. The van der Waals surface area contributed by atoms with Crippen LogP contribution in [0.25, 0.3) is 10.9 Å². The summed E-state index contributed by atoms with van der Waals surface area (Å²) in [6.07, 6.45) is 3.30. The van der Waals surface area contributed by atoms with E-state index >= 15 is 0 Å². The number of fused-ring (bicyclic) bond motifs is 1. The molecule has 0 fully saturated rings. The van der Waals surface area contributed by atoms with Crippen molar-refractivity contribution in [2.24, 2.45) is 5.73 Å². The Labute approximate surface area is 146 Å². The van der Waals surface area contributed by atoms with Gasteiger partial charge in [-0.05, 0) is 36.2 Å². The third kappa shape index (κ3) is 4.27. The summed E-state index contributed by atoms with van der Waals surface area (Å²) in [5, 5.41) is 1.35. The zero-order valence-corrected chi connectivity index (χ0v) is 16.6. The van der Waals surface area contributed by atoms with Crippen molar-refractivity contribution >= 4 is 25.1 Å². The summed E-state index contributed by atoms with van der Waals surface area (Å²) in [7, 11) is -1.68. The molecule has 0 aliphatic carbocycles. The second kappa shape index (κ2) is 7.11. The molecule has 0 spiro atoms. The van der Waals surface area contributed by atoms with Crippen LogP contribution in [0.1, 0.15) is 32.8 Å². The van der Waals surface area contributed by atoms with Crippen molar-refractivity contribution in [2.75, 3.05) is 6.61 Å². The van der Waals surface area contributed by atoms with Crippen LogP contribution in [0.3, 0.4) is 0 Å². The van der Waals surface area contributed by atoms with E-state index in [1.807, 2.05) is 12.1 Å². The second-order valence-corrected chi connectivity index (χ2v) is 12.8. The molecule has 5 heteroatoms. The molecule has 0 unspecified atom stereocenters. The van der Waals surface area contributed by atoms with Crippen LogP contribution >= 0.6 is 0 Å². The lowest BCUT2D eigenvalue weighted by Crippen LogP contribution is -2.41. The van der Waals surface area contributed by atoms with Gasteiger partial charge in [-0.2, -0.15) is 0 Å². The lowest BCUT2D eigenvalue weighted by Gasteiger charge is -2.36. The Morgan fingerprint density at radius 2 is 1.92 bits per heavy atom. The van der Waals surface area contributed by atoms with Crippen LogP contribution in [0.5, 0.6) is 0 Å². The van der Waals surface area contributed by atoms with Gasteiger partial charge < -0.3 is 14.7 Å². The number of hydrogen-bond donors (Lipinski definition) is 1. The van der Waals surface area contributed by atoms with E-state index in [1.54, 1.807) is 0 Å². The number of nitrogens with zero attached hydrogens (tertiary/aromatic N) is 1. The van der Waals surface area contributed by atoms with Gasteiger partial charge in [0, 0.05) is 30.3 Å². The van der Waals surface area contributed by atoms with Crippen molar-refractivity contribution in [3.63, 3.8) is 0 Å². The van der Waals surface area contributed by atoms with Crippen molar-refractivity contribution in [2.45, 2.75) is 58.3 Å². The minimum atomic E-state index is -1.68. The highest BCUT2D eigenvalue weighted by molar-refractivity contribution is 6.74. The number of para-hydroxylation sites is 1. The van der Waals surface area contributed by atoms with Crippen LogP contribution in [0.15, 0.2) is 30.5 Å². The second-order valence-electron chi connectivity index (χ2n) is 7.97. The normalized spacial score (nSPS) is 12.7. The third-order valence-corrected chi connectivity index (χ3v) is 9.59. The largest absolute Gasteiger partial charge is 0.417 e. The minimum Gasteiger partial charge on any atom is -0.417 e. The number of benzene rings is 1. The van der Waals surface area contributed by atoms with Gasteiger partial charge in [-0.25, -0.2) is 0 Å². The molecule has 24 heavy (non-hydrogen) atoms.